The molecule has 0 radical (unpaired) electrons. The Morgan fingerprint density at radius 1 is 0.905 bits per heavy atom. The normalized spacial score (nSPS) is 25.0. The fraction of sp³-hybridized carbons (Fsp3) is 0.833. The van der Waals surface area contributed by atoms with Gasteiger partial charge in [-0.25, -0.2) is 4.98 Å². The Balaban J connectivity index is 1.71. The highest BCUT2D eigenvalue weighted by Crippen LogP contribution is 2.38. The summed E-state index contributed by atoms with van der Waals surface area (Å²) in [6.07, 6.45) is 15.2. The molecule has 3 nitrogen and oxygen atoms in total. The molecule has 0 unspecified atom stereocenters. The van der Waals surface area contributed by atoms with Crippen molar-refractivity contribution >= 4 is 0 Å². The van der Waals surface area contributed by atoms with Crippen LogP contribution in [0.1, 0.15) is 93.4 Å². The van der Waals surface area contributed by atoms with Gasteiger partial charge in [-0.05, 0) is 25.7 Å². The second-order valence-corrected chi connectivity index (χ2v) is 7.29. The largest absolute Gasteiger partial charge is 0.328 e. The van der Waals surface area contributed by atoms with E-state index in [1.54, 1.807) is 5.69 Å². The highest BCUT2D eigenvalue weighted by Gasteiger charge is 2.30. The van der Waals surface area contributed by atoms with E-state index in [0.29, 0.717) is 0 Å². The highest BCUT2D eigenvalue weighted by molar-refractivity contribution is 5.23. The third kappa shape index (κ3) is 2.65. The number of nitrogens with zero attached hydrogens (tertiary/aromatic N) is 2. The zero-order valence-corrected chi connectivity index (χ0v) is 13.2. The van der Waals surface area contributed by atoms with Crippen molar-refractivity contribution in [2.24, 2.45) is 0 Å². The summed E-state index contributed by atoms with van der Waals surface area (Å²) >= 11 is 0. The van der Waals surface area contributed by atoms with Crippen molar-refractivity contribution < 1.29 is 0 Å². The number of rotatable bonds is 2. The van der Waals surface area contributed by atoms with E-state index in [2.05, 4.69) is 9.88 Å². The summed E-state index contributed by atoms with van der Waals surface area (Å²) in [4.78, 5) is 5.15. The fourth-order valence-corrected chi connectivity index (χ4v) is 4.75. The van der Waals surface area contributed by atoms with Gasteiger partial charge in [-0.15, -0.1) is 0 Å². The van der Waals surface area contributed by atoms with Crippen molar-refractivity contribution in [3.8, 4) is 0 Å². The van der Waals surface area contributed by atoms with E-state index in [1.807, 2.05) is 0 Å². The lowest BCUT2D eigenvalue weighted by Gasteiger charge is -2.30. The zero-order valence-electron chi connectivity index (χ0n) is 13.2. The average molecular weight is 287 g/mol. The maximum Gasteiger partial charge on any atom is 0.112 e. The molecule has 0 amide bonds. The van der Waals surface area contributed by atoms with Gasteiger partial charge in [0.25, 0.3) is 0 Å². The quantitative estimate of drug-likeness (QED) is 0.888. The number of nitrogens with one attached hydrogen (secondary N) is 1. The van der Waals surface area contributed by atoms with E-state index in [4.69, 9.17) is 4.98 Å². The van der Waals surface area contributed by atoms with Crippen LogP contribution in [0.3, 0.4) is 0 Å². The average Bonchev–Trinajstić information content (AvgIpc) is 2.96. The Morgan fingerprint density at radius 3 is 2.38 bits per heavy atom. The second kappa shape index (κ2) is 6.12. The molecule has 2 heterocycles. The molecule has 2 saturated carbocycles. The minimum absolute atomic E-state index is 0.742. The molecule has 0 saturated heterocycles. The lowest BCUT2D eigenvalue weighted by molar-refractivity contribution is 0.320. The summed E-state index contributed by atoms with van der Waals surface area (Å²) in [5.74, 6) is 2.21. The fourth-order valence-electron chi connectivity index (χ4n) is 4.75. The van der Waals surface area contributed by atoms with Crippen LogP contribution in [0.25, 0.3) is 0 Å². The van der Waals surface area contributed by atoms with Crippen LogP contribution in [0.15, 0.2) is 0 Å². The van der Waals surface area contributed by atoms with Crippen molar-refractivity contribution in [2.75, 3.05) is 6.54 Å². The predicted octanol–water partition coefficient (Wildman–Crippen LogP) is 4.08. The van der Waals surface area contributed by atoms with Crippen molar-refractivity contribution in [1.82, 2.24) is 14.9 Å². The molecule has 1 aliphatic heterocycles. The lowest BCUT2D eigenvalue weighted by Crippen LogP contribution is -2.27. The van der Waals surface area contributed by atoms with Crippen LogP contribution in [0.5, 0.6) is 0 Å². The predicted molar refractivity (Wildman–Crippen MR) is 85.6 cm³/mol. The van der Waals surface area contributed by atoms with Crippen LogP contribution >= 0.6 is 0 Å². The standard InChI is InChI=1S/C18H29N3/c1-3-7-14(8-4-1)18-20-16-13-19-12-11-17(16)21(18)15-9-5-2-6-10-15/h14-15,19H,1-13H2. The number of hydrogen-bond acceptors (Lipinski definition) is 2. The van der Waals surface area contributed by atoms with Gasteiger partial charge in [0.05, 0.1) is 5.69 Å². The minimum Gasteiger partial charge on any atom is -0.328 e. The molecule has 1 aromatic rings. The van der Waals surface area contributed by atoms with Gasteiger partial charge in [-0.1, -0.05) is 38.5 Å². The van der Waals surface area contributed by atoms with Crippen LogP contribution in [0, 0.1) is 0 Å². The number of fused-ring (bicyclic) bond motifs is 1. The first-order valence-corrected chi connectivity index (χ1v) is 9.24. The number of aromatic nitrogens is 2. The molecule has 3 heteroatoms. The summed E-state index contributed by atoms with van der Waals surface area (Å²) in [5, 5.41) is 3.51. The third-order valence-electron chi connectivity index (χ3n) is 5.86. The maximum atomic E-state index is 5.15. The first-order chi connectivity index (χ1) is 10.4. The van der Waals surface area contributed by atoms with E-state index < -0.39 is 0 Å². The molecule has 1 aromatic heterocycles. The molecule has 0 aromatic carbocycles. The van der Waals surface area contributed by atoms with Crippen molar-refractivity contribution in [3.05, 3.63) is 17.2 Å². The first-order valence-electron chi connectivity index (χ1n) is 9.24. The molecule has 0 spiro atoms. The van der Waals surface area contributed by atoms with Crippen molar-refractivity contribution in [3.63, 3.8) is 0 Å². The smallest absolute Gasteiger partial charge is 0.112 e. The van der Waals surface area contributed by atoms with Gasteiger partial charge >= 0.3 is 0 Å². The molecular weight excluding hydrogens is 258 g/mol. The molecule has 4 rings (SSSR count). The van der Waals surface area contributed by atoms with Gasteiger partial charge in [0.2, 0.25) is 0 Å². The van der Waals surface area contributed by atoms with Gasteiger partial charge in [-0.3, -0.25) is 0 Å². The summed E-state index contributed by atoms with van der Waals surface area (Å²) in [7, 11) is 0. The van der Waals surface area contributed by atoms with E-state index >= 15 is 0 Å². The molecule has 3 aliphatic rings. The Labute approximate surface area is 128 Å². The Morgan fingerprint density at radius 2 is 1.62 bits per heavy atom. The van der Waals surface area contributed by atoms with Crippen LogP contribution < -0.4 is 5.32 Å². The van der Waals surface area contributed by atoms with Crippen LogP contribution in [-0.2, 0) is 13.0 Å². The lowest BCUT2D eigenvalue weighted by atomic mass is 9.87. The van der Waals surface area contributed by atoms with E-state index in [9.17, 15) is 0 Å². The molecular formula is C18H29N3. The topological polar surface area (TPSA) is 29.9 Å². The Kier molecular flexibility index (Phi) is 4.02. The van der Waals surface area contributed by atoms with E-state index in [-0.39, 0.29) is 0 Å². The first kappa shape index (κ1) is 13.8. The van der Waals surface area contributed by atoms with Crippen molar-refractivity contribution in [2.45, 2.75) is 89.1 Å². The highest BCUT2D eigenvalue weighted by atomic mass is 15.1. The van der Waals surface area contributed by atoms with Crippen LogP contribution in [0.2, 0.25) is 0 Å². The maximum absolute atomic E-state index is 5.15. The molecule has 21 heavy (non-hydrogen) atoms. The number of hydrogen-bond donors (Lipinski definition) is 1. The third-order valence-corrected chi connectivity index (χ3v) is 5.86. The number of imidazole rings is 1. The molecule has 0 bridgehead atoms. The second-order valence-electron chi connectivity index (χ2n) is 7.29. The summed E-state index contributed by atoms with van der Waals surface area (Å²) < 4.78 is 2.74. The molecule has 116 valence electrons. The zero-order chi connectivity index (χ0) is 14.1. The van der Waals surface area contributed by atoms with E-state index in [0.717, 1.165) is 25.0 Å². The molecule has 2 aliphatic carbocycles. The van der Waals surface area contributed by atoms with Gasteiger partial charge in [0.15, 0.2) is 0 Å². The molecule has 1 N–H and O–H groups in total. The molecule has 0 atom stereocenters. The summed E-state index contributed by atoms with van der Waals surface area (Å²) in [5.41, 5.74) is 2.95. The van der Waals surface area contributed by atoms with Crippen LogP contribution in [0.4, 0.5) is 0 Å². The van der Waals surface area contributed by atoms with Gasteiger partial charge in [0.1, 0.15) is 5.82 Å². The Hall–Kier alpha value is -0.830. The van der Waals surface area contributed by atoms with Gasteiger partial charge < -0.3 is 9.88 Å². The summed E-state index contributed by atoms with van der Waals surface area (Å²) in [6, 6.07) is 0.755. The molecule has 2 fully saturated rings. The summed E-state index contributed by atoms with van der Waals surface area (Å²) in [6.45, 7) is 2.13. The Bertz CT molecular complexity index is 479. The minimum atomic E-state index is 0.742. The van der Waals surface area contributed by atoms with Crippen LogP contribution in [-0.4, -0.2) is 16.1 Å². The SMILES string of the molecule is C1CCC(c2nc3c(n2C2CCCCC2)CCNC3)CC1. The van der Waals surface area contributed by atoms with E-state index in [1.165, 1.54) is 82.1 Å². The van der Waals surface area contributed by atoms with Crippen molar-refractivity contribution in [1.29, 1.82) is 0 Å². The monoisotopic (exact) mass is 287 g/mol. The van der Waals surface area contributed by atoms with Gasteiger partial charge in [-0.2, -0.15) is 0 Å². The van der Waals surface area contributed by atoms with Gasteiger partial charge in [0, 0.05) is 37.2 Å².